The third-order valence-electron chi connectivity index (χ3n) is 6.51. The average Bonchev–Trinajstić information content (AvgIpc) is 2.85. The molecule has 0 spiro atoms. The Labute approximate surface area is 215 Å². The van der Waals surface area contributed by atoms with Crippen molar-refractivity contribution in [2.24, 2.45) is 7.05 Å². The van der Waals surface area contributed by atoms with Crippen LogP contribution in [0, 0.1) is 19.7 Å². The quantitative estimate of drug-likeness (QED) is 0.361. The van der Waals surface area contributed by atoms with Crippen molar-refractivity contribution < 1.29 is 22.3 Å². The van der Waals surface area contributed by atoms with E-state index in [9.17, 15) is 18.0 Å². The molecule has 0 saturated carbocycles. The molecule has 0 bridgehead atoms. The predicted octanol–water partition coefficient (Wildman–Crippen LogP) is 4.53. The number of anilines is 1. The number of aromatic nitrogens is 5. The highest BCUT2D eigenvalue weighted by Gasteiger charge is 2.33. The molecular weight excluding hydrogens is 504 g/mol. The molecule has 8 nitrogen and oxygen atoms in total. The number of hydrogen-bond acceptors (Lipinski definition) is 7. The first-order valence-electron chi connectivity index (χ1n) is 11.9. The molecule has 1 aliphatic rings. The minimum atomic E-state index is -4.69. The fourth-order valence-electron chi connectivity index (χ4n) is 4.42. The van der Waals surface area contributed by atoms with Gasteiger partial charge in [-0.15, -0.1) is 0 Å². The van der Waals surface area contributed by atoms with E-state index < -0.39 is 23.7 Å². The number of halogens is 4. The van der Waals surface area contributed by atoms with Crippen LogP contribution < -0.4 is 10.5 Å². The Kier molecular flexibility index (Phi) is 6.38. The lowest BCUT2D eigenvalue weighted by molar-refractivity contribution is -0.137. The number of nitrogens with zero attached hydrogens (tertiary/aromatic N) is 6. The molecule has 0 radical (unpaired) electrons. The maximum atomic E-state index is 15.1. The lowest BCUT2D eigenvalue weighted by Gasteiger charge is -2.37. The van der Waals surface area contributed by atoms with Gasteiger partial charge in [0.05, 0.1) is 29.6 Å². The molecule has 12 heteroatoms. The average molecular weight is 529 g/mol. The Balaban J connectivity index is 1.63. The van der Waals surface area contributed by atoms with E-state index in [0.717, 1.165) is 17.7 Å². The number of fused-ring (bicyclic) bond motifs is 1. The van der Waals surface area contributed by atoms with Crippen molar-refractivity contribution in [3.8, 4) is 11.3 Å². The van der Waals surface area contributed by atoms with Gasteiger partial charge < -0.3 is 14.2 Å². The zero-order valence-electron chi connectivity index (χ0n) is 21.0. The second kappa shape index (κ2) is 9.43. The molecular formula is C26H24F4N6O2. The molecule has 3 aromatic heterocycles. The Morgan fingerprint density at radius 1 is 1.00 bits per heavy atom. The molecule has 4 heterocycles. The molecule has 38 heavy (non-hydrogen) atoms. The molecule has 0 unspecified atom stereocenters. The molecule has 2 atom stereocenters. The summed E-state index contributed by atoms with van der Waals surface area (Å²) in [4.78, 5) is 31.9. The topological polar surface area (TPSA) is 86.0 Å². The largest absolute Gasteiger partial charge is 0.416 e. The first-order valence-corrected chi connectivity index (χ1v) is 11.9. The Morgan fingerprint density at radius 3 is 2.42 bits per heavy atom. The monoisotopic (exact) mass is 528 g/mol. The van der Waals surface area contributed by atoms with E-state index in [-0.39, 0.29) is 40.0 Å². The second-order valence-electron chi connectivity index (χ2n) is 9.38. The molecule has 0 aliphatic carbocycles. The van der Waals surface area contributed by atoms with E-state index in [1.54, 1.807) is 33.2 Å². The van der Waals surface area contributed by atoms with Gasteiger partial charge in [-0.2, -0.15) is 18.2 Å². The molecule has 1 fully saturated rings. The van der Waals surface area contributed by atoms with Gasteiger partial charge in [-0.05, 0) is 50.6 Å². The van der Waals surface area contributed by atoms with Crippen molar-refractivity contribution in [2.75, 3.05) is 18.0 Å². The first-order chi connectivity index (χ1) is 17.9. The second-order valence-corrected chi connectivity index (χ2v) is 9.38. The van der Waals surface area contributed by atoms with Gasteiger partial charge in [0.2, 0.25) is 11.5 Å². The highest BCUT2D eigenvalue weighted by molar-refractivity contribution is 5.88. The van der Waals surface area contributed by atoms with Crippen molar-refractivity contribution >= 4 is 17.1 Å². The summed E-state index contributed by atoms with van der Waals surface area (Å²) in [6.45, 7) is 6.09. The van der Waals surface area contributed by atoms with Crippen LogP contribution in [-0.4, -0.2) is 43.7 Å². The number of aryl methyl sites for hydroxylation is 3. The Hall–Kier alpha value is -3.93. The van der Waals surface area contributed by atoms with Gasteiger partial charge in [0.15, 0.2) is 5.65 Å². The summed E-state index contributed by atoms with van der Waals surface area (Å²) in [7, 11) is 1.65. The van der Waals surface area contributed by atoms with Crippen LogP contribution in [0.5, 0.6) is 0 Å². The number of pyridine rings is 1. The van der Waals surface area contributed by atoms with Crippen molar-refractivity contribution in [3.05, 3.63) is 75.2 Å². The number of hydrogen-bond donors (Lipinski definition) is 0. The lowest BCUT2D eigenvalue weighted by atomic mass is 10.1. The smallest absolute Gasteiger partial charge is 0.367 e. The summed E-state index contributed by atoms with van der Waals surface area (Å²) >= 11 is 0. The van der Waals surface area contributed by atoms with Crippen LogP contribution in [0.15, 0.2) is 41.3 Å². The van der Waals surface area contributed by atoms with Gasteiger partial charge in [-0.1, -0.05) is 0 Å². The minimum absolute atomic E-state index is 0.0460. The van der Waals surface area contributed by atoms with Gasteiger partial charge in [-0.3, -0.25) is 4.79 Å². The van der Waals surface area contributed by atoms with E-state index in [2.05, 4.69) is 19.9 Å². The minimum Gasteiger partial charge on any atom is -0.367 e. The van der Waals surface area contributed by atoms with E-state index >= 15 is 4.39 Å². The predicted molar refractivity (Wildman–Crippen MR) is 132 cm³/mol. The van der Waals surface area contributed by atoms with Crippen LogP contribution in [0.1, 0.15) is 35.5 Å². The molecule has 1 saturated heterocycles. The van der Waals surface area contributed by atoms with Gasteiger partial charge >= 0.3 is 6.18 Å². The highest BCUT2D eigenvalue weighted by Crippen LogP contribution is 2.35. The molecule has 5 rings (SSSR count). The van der Waals surface area contributed by atoms with Crippen LogP contribution in [0.25, 0.3) is 22.4 Å². The third kappa shape index (κ3) is 4.83. The maximum Gasteiger partial charge on any atom is 0.416 e. The number of rotatable bonds is 3. The number of benzene rings is 1. The van der Waals surface area contributed by atoms with Gasteiger partial charge in [-0.25, -0.2) is 19.3 Å². The van der Waals surface area contributed by atoms with Gasteiger partial charge in [0.1, 0.15) is 23.1 Å². The number of alkyl halides is 3. The first kappa shape index (κ1) is 25.7. The molecule has 0 amide bonds. The van der Waals surface area contributed by atoms with Crippen LogP contribution in [0.3, 0.4) is 0 Å². The standard InChI is InChI=1S/C26H24F4N6O2/c1-13-10-36(12-20(38-13)16-5-8-21(37)35(4)11-16)25-33-22(23-24(34-25)32-15(3)14(2)31-23)18-7-6-17(9-19(18)27)26(28,29)30/h5-9,11,13,20H,10,12H2,1-4H3/t13-,20-/m1/s1. The number of ether oxygens (including phenoxy) is 1. The maximum absolute atomic E-state index is 15.1. The Morgan fingerprint density at radius 2 is 1.74 bits per heavy atom. The van der Waals surface area contributed by atoms with Crippen LogP contribution in [0.2, 0.25) is 0 Å². The van der Waals surface area contributed by atoms with E-state index in [4.69, 9.17) is 4.74 Å². The van der Waals surface area contributed by atoms with E-state index in [0.29, 0.717) is 30.5 Å². The van der Waals surface area contributed by atoms with Crippen molar-refractivity contribution in [1.82, 2.24) is 24.5 Å². The molecule has 1 aromatic carbocycles. The van der Waals surface area contributed by atoms with E-state index in [1.165, 1.54) is 10.6 Å². The van der Waals surface area contributed by atoms with E-state index in [1.807, 2.05) is 11.8 Å². The summed E-state index contributed by atoms with van der Waals surface area (Å²) < 4.78 is 62.2. The van der Waals surface area contributed by atoms with Crippen LogP contribution >= 0.6 is 0 Å². The Bertz CT molecular complexity index is 1600. The highest BCUT2D eigenvalue weighted by atomic mass is 19.4. The van der Waals surface area contributed by atoms with Crippen molar-refractivity contribution in [1.29, 1.82) is 0 Å². The van der Waals surface area contributed by atoms with Crippen molar-refractivity contribution in [2.45, 2.75) is 39.2 Å². The number of morpholine rings is 1. The lowest BCUT2D eigenvalue weighted by Crippen LogP contribution is -2.44. The molecule has 1 aliphatic heterocycles. The molecule has 198 valence electrons. The van der Waals surface area contributed by atoms with Crippen molar-refractivity contribution in [3.63, 3.8) is 0 Å². The van der Waals surface area contributed by atoms with Crippen LogP contribution in [-0.2, 0) is 18.0 Å². The van der Waals surface area contributed by atoms with Gasteiger partial charge in [0, 0.05) is 31.4 Å². The molecule has 4 aromatic rings. The summed E-state index contributed by atoms with van der Waals surface area (Å²) in [5, 5.41) is 0. The zero-order chi connectivity index (χ0) is 27.4. The molecule has 0 N–H and O–H groups in total. The van der Waals surface area contributed by atoms with Gasteiger partial charge in [0.25, 0.3) is 0 Å². The van der Waals surface area contributed by atoms with Crippen LogP contribution in [0.4, 0.5) is 23.5 Å². The fourth-order valence-corrected chi connectivity index (χ4v) is 4.42. The summed E-state index contributed by atoms with van der Waals surface area (Å²) in [5.41, 5.74) is 1.000. The summed E-state index contributed by atoms with van der Waals surface area (Å²) in [6.07, 6.45) is -3.65. The third-order valence-corrected chi connectivity index (χ3v) is 6.51. The summed E-state index contributed by atoms with van der Waals surface area (Å²) in [6, 6.07) is 5.47. The zero-order valence-corrected chi connectivity index (χ0v) is 21.0. The normalized spacial score (nSPS) is 18.3. The summed E-state index contributed by atoms with van der Waals surface area (Å²) in [5.74, 6) is -0.862. The fraction of sp³-hybridized carbons (Fsp3) is 0.346. The SMILES string of the molecule is Cc1nc2nc(N3C[C@@H](C)O[C@@H](c4ccc(=O)n(C)c4)C3)nc(-c3ccc(C(F)(F)F)cc3F)c2nc1C.